The zero-order valence-corrected chi connectivity index (χ0v) is 14.1. The van der Waals surface area contributed by atoms with Crippen molar-refractivity contribution in [3.8, 4) is 0 Å². The van der Waals surface area contributed by atoms with Gasteiger partial charge in [-0.05, 0) is 26.8 Å². The highest BCUT2D eigenvalue weighted by atomic mass is 32.2. The molecule has 0 bridgehead atoms. The van der Waals surface area contributed by atoms with E-state index in [-0.39, 0.29) is 12.2 Å². The van der Waals surface area contributed by atoms with Crippen LogP contribution in [0.3, 0.4) is 0 Å². The number of ether oxygens (including phenoxy) is 1. The Balaban J connectivity index is 2.50. The van der Waals surface area contributed by atoms with Gasteiger partial charge < -0.3 is 10.1 Å². The van der Waals surface area contributed by atoms with Crippen LogP contribution in [0.4, 0.5) is 0 Å². The number of morpholine rings is 1. The SMILES string of the molecule is CC(C)NCCCN(C)S(=O)(=O)N1C[C@@H](C)O[C@@H](C)C1. The molecule has 0 unspecified atom stereocenters. The lowest BCUT2D eigenvalue weighted by atomic mass is 10.3. The molecule has 2 atom stereocenters. The van der Waals surface area contributed by atoms with E-state index in [0.29, 0.717) is 25.7 Å². The van der Waals surface area contributed by atoms with Crippen LogP contribution in [0, 0.1) is 0 Å². The quantitative estimate of drug-likeness (QED) is 0.702. The van der Waals surface area contributed by atoms with E-state index < -0.39 is 10.2 Å². The molecule has 1 rings (SSSR count). The van der Waals surface area contributed by atoms with Crippen LogP contribution in [0.5, 0.6) is 0 Å². The molecular formula is C13H29N3O3S. The molecule has 1 fully saturated rings. The summed E-state index contributed by atoms with van der Waals surface area (Å²) in [4.78, 5) is 0. The molecule has 1 aliphatic heterocycles. The summed E-state index contributed by atoms with van der Waals surface area (Å²) in [5.74, 6) is 0. The molecule has 0 spiro atoms. The maximum absolute atomic E-state index is 12.5. The summed E-state index contributed by atoms with van der Waals surface area (Å²) in [6, 6.07) is 0.429. The van der Waals surface area contributed by atoms with Gasteiger partial charge in [0.25, 0.3) is 10.2 Å². The lowest BCUT2D eigenvalue weighted by Crippen LogP contribution is -2.52. The van der Waals surface area contributed by atoms with Gasteiger partial charge in [-0.2, -0.15) is 17.0 Å². The van der Waals surface area contributed by atoms with Gasteiger partial charge >= 0.3 is 0 Å². The van der Waals surface area contributed by atoms with Crippen molar-refractivity contribution in [2.45, 2.75) is 52.4 Å². The molecule has 0 aromatic carbocycles. The Bertz CT molecular complexity index is 376. The summed E-state index contributed by atoms with van der Waals surface area (Å²) in [5, 5.41) is 3.29. The van der Waals surface area contributed by atoms with Crippen LogP contribution in [-0.4, -0.2) is 68.5 Å². The molecule has 0 aliphatic carbocycles. The van der Waals surface area contributed by atoms with Gasteiger partial charge in [-0.15, -0.1) is 0 Å². The van der Waals surface area contributed by atoms with E-state index in [9.17, 15) is 8.42 Å². The second kappa shape index (κ2) is 7.70. The van der Waals surface area contributed by atoms with E-state index >= 15 is 0 Å². The lowest BCUT2D eigenvalue weighted by Gasteiger charge is -2.36. The van der Waals surface area contributed by atoms with Crippen molar-refractivity contribution in [1.82, 2.24) is 13.9 Å². The normalized spacial score (nSPS) is 25.6. The smallest absolute Gasteiger partial charge is 0.281 e. The number of rotatable bonds is 7. The topological polar surface area (TPSA) is 61.9 Å². The number of hydrogen-bond acceptors (Lipinski definition) is 4. The molecule has 20 heavy (non-hydrogen) atoms. The van der Waals surface area contributed by atoms with E-state index in [2.05, 4.69) is 19.2 Å². The molecule has 0 aromatic rings. The predicted molar refractivity (Wildman–Crippen MR) is 80.9 cm³/mol. The van der Waals surface area contributed by atoms with E-state index in [1.807, 2.05) is 13.8 Å². The summed E-state index contributed by atoms with van der Waals surface area (Å²) < 4.78 is 33.5. The summed E-state index contributed by atoms with van der Waals surface area (Å²) in [6.45, 7) is 10.2. The summed E-state index contributed by atoms with van der Waals surface area (Å²) in [7, 11) is -1.72. The molecule has 1 heterocycles. The van der Waals surface area contributed by atoms with Crippen LogP contribution in [0.25, 0.3) is 0 Å². The first kappa shape index (κ1) is 17.8. The molecule has 1 N–H and O–H groups in total. The molecule has 1 saturated heterocycles. The van der Waals surface area contributed by atoms with Crippen LogP contribution in [0.15, 0.2) is 0 Å². The zero-order valence-electron chi connectivity index (χ0n) is 13.3. The van der Waals surface area contributed by atoms with E-state index in [4.69, 9.17) is 4.74 Å². The number of hydrogen-bond donors (Lipinski definition) is 1. The van der Waals surface area contributed by atoms with Crippen LogP contribution < -0.4 is 5.32 Å². The lowest BCUT2D eigenvalue weighted by molar-refractivity contribution is -0.0453. The van der Waals surface area contributed by atoms with Crippen molar-refractivity contribution in [3.05, 3.63) is 0 Å². The minimum absolute atomic E-state index is 0.0514. The average Bonchev–Trinajstić information content (AvgIpc) is 2.32. The molecule has 1 aliphatic rings. The predicted octanol–water partition coefficient (Wildman–Crippen LogP) is 0.660. The van der Waals surface area contributed by atoms with Gasteiger partial charge in [0.1, 0.15) is 0 Å². The summed E-state index contributed by atoms with van der Waals surface area (Å²) in [5.41, 5.74) is 0. The maximum atomic E-state index is 12.5. The van der Waals surface area contributed by atoms with Crippen molar-refractivity contribution in [2.75, 3.05) is 33.2 Å². The zero-order chi connectivity index (χ0) is 15.3. The molecule has 6 nitrogen and oxygen atoms in total. The molecule has 0 aromatic heterocycles. The Labute approximate surface area is 123 Å². The fourth-order valence-corrected chi connectivity index (χ4v) is 3.87. The molecule has 120 valence electrons. The van der Waals surface area contributed by atoms with Crippen molar-refractivity contribution >= 4 is 10.2 Å². The van der Waals surface area contributed by atoms with Crippen LogP contribution in [0.2, 0.25) is 0 Å². The van der Waals surface area contributed by atoms with Crippen LogP contribution in [0.1, 0.15) is 34.1 Å². The van der Waals surface area contributed by atoms with Gasteiger partial charge in [-0.25, -0.2) is 0 Å². The van der Waals surface area contributed by atoms with Gasteiger partial charge in [-0.3, -0.25) is 0 Å². The average molecular weight is 307 g/mol. The van der Waals surface area contributed by atoms with E-state index in [1.54, 1.807) is 7.05 Å². The Kier molecular flexibility index (Phi) is 6.87. The fourth-order valence-electron chi connectivity index (χ4n) is 2.32. The first-order chi connectivity index (χ1) is 9.23. The molecule has 7 heteroatoms. The maximum Gasteiger partial charge on any atom is 0.281 e. The van der Waals surface area contributed by atoms with Gasteiger partial charge in [0.05, 0.1) is 12.2 Å². The van der Waals surface area contributed by atoms with Crippen molar-refractivity contribution in [1.29, 1.82) is 0 Å². The minimum atomic E-state index is -3.37. The minimum Gasteiger partial charge on any atom is -0.373 e. The Morgan fingerprint density at radius 3 is 2.35 bits per heavy atom. The Morgan fingerprint density at radius 2 is 1.85 bits per heavy atom. The first-order valence-corrected chi connectivity index (χ1v) is 8.73. The first-order valence-electron chi connectivity index (χ1n) is 7.33. The summed E-state index contributed by atoms with van der Waals surface area (Å²) in [6.07, 6.45) is 0.706. The van der Waals surface area contributed by atoms with Gasteiger partial charge in [-0.1, -0.05) is 13.8 Å². The third kappa shape index (κ3) is 5.29. The van der Waals surface area contributed by atoms with E-state index in [0.717, 1.165) is 13.0 Å². The fraction of sp³-hybridized carbons (Fsp3) is 1.00. The van der Waals surface area contributed by atoms with Crippen molar-refractivity contribution < 1.29 is 13.2 Å². The molecule has 0 radical (unpaired) electrons. The standard InChI is InChI=1S/C13H29N3O3S/c1-11(2)14-7-6-8-15(5)20(17,18)16-9-12(3)19-13(4)10-16/h11-14H,6-10H2,1-5H3/t12-,13+. The van der Waals surface area contributed by atoms with Gasteiger partial charge in [0, 0.05) is 32.7 Å². The Hall–Kier alpha value is -0.210. The third-order valence-corrected chi connectivity index (χ3v) is 5.23. The van der Waals surface area contributed by atoms with Crippen molar-refractivity contribution in [3.63, 3.8) is 0 Å². The highest BCUT2D eigenvalue weighted by molar-refractivity contribution is 7.86. The highest BCUT2D eigenvalue weighted by Crippen LogP contribution is 2.16. The monoisotopic (exact) mass is 307 g/mol. The van der Waals surface area contributed by atoms with Gasteiger partial charge in [0.15, 0.2) is 0 Å². The van der Waals surface area contributed by atoms with Crippen LogP contribution >= 0.6 is 0 Å². The number of nitrogens with one attached hydrogen (secondary N) is 1. The van der Waals surface area contributed by atoms with Gasteiger partial charge in [0.2, 0.25) is 0 Å². The Morgan fingerprint density at radius 1 is 1.30 bits per heavy atom. The largest absolute Gasteiger partial charge is 0.373 e. The molecule has 0 saturated carbocycles. The molecular weight excluding hydrogens is 278 g/mol. The highest BCUT2D eigenvalue weighted by Gasteiger charge is 2.33. The third-order valence-electron chi connectivity index (χ3n) is 3.31. The number of nitrogens with zero attached hydrogens (tertiary/aromatic N) is 2. The molecule has 0 amide bonds. The summed E-state index contributed by atoms with van der Waals surface area (Å²) >= 11 is 0. The van der Waals surface area contributed by atoms with Crippen molar-refractivity contribution in [2.24, 2.45) is 0 Å². The van der Waals surface area contributed by atoms with Crippen LogP contribution in [-0.2, 0) is 14.9 Å². The second-order valence-electron chi connectivity index (χ2n) is 5.87. The van der Waals surface area contributed by atoms with E-state index in [1.165, 1.54) is 8.61 Å². The second-order valence-corrected chi connectivity index (χ2v) is 7.90.